The second-order valence-corrected chi connectivity index (χ2v) is 12.7. The van der Waals surface area contributed by atoms with E-state index in [4.69, 9.17) is 17.3 Å². The number of oxime groups is 1. The average Bonchev–Trinajstić information content (AvgIpc) is 3.02. The minimum Gasteiger partial charge on any atom is -0.411 e. The van der Waals surface area contributed by atoms with Crippen LogP contribution in [0.25, 0.3) is 0 Å². The van der Waals surface area contributed by atoms with Crippen LogP contribution in [0.4, 0.5) is 5.69 Å². The first-order valence-corrected chi connectivity index (χ1v) is 16.2. The zero-order valence-electron chi connectivity index (χ0n) is 26.0. The third kappa shape index (κ3) is 9.29. The summed E-state index contributed by atoms with van der Waals surface area (Å²) in [4.78, 5) is 42.8. The number of piperidine rings is 2. The Hall–Kier alpha value is -3.43. The predicted octanol–water partition coefficient (Wildman–Crippen LogP) is 5.03. The Bertz CT molecular complexity index is 1320. The first-order valence-electron chi connectivity index (χ1n) is 15.8. The minimum atomic E-state index is -0.418. The third-order valence-corrected chi connectivity index (χ3v) is 9.53. The summed E-state index contributed by atoms with van der Waals surface area (Å²) in [6, 6.07) is 13.9. The number of likely N-dealkylation sites (tertiary alicyclic amines) is 2. The Morgan fingerprint density at radius 1 is 1.00 bits per heavy atom. The number of carbonyl (C=O) groups excluding carboxylic acids is 3. The molecule has 2 saturated heterocycles. The lowest BCUT2D eigenvalue weighted by Gasteiger charge is -2.35. The molecule has 2 aromatic carbocycles. The number of rotatable bonds is 12. The topological polar surface area (TPSA) is 120 Å². The lowest BCUT2D eigenvalue weighted by molar-refractivity contribution is -0.133. The zero-order valence-corrected chi connectivity index (χ0v) is 26.8. The van der Waals surface area contributed by atoms with Crippen molar-refractivity contribution in [2.24, 2.45) is 22.7 Å². The Kier molecular flexibility index (Phi) is 12.2. The maximum atomic E-state index is 13.7. The number of benzene rings is 2. The molecule has 2 aromatic rings. The van der Waals surface area contributed by atoms with Crippen molar-refractivity contribution < 1.29 is 19.6 Å². The second-order valence-electron chi connectivity index (χ2n) is 12.3. The minimum absolute atomic E-state index is 0.0695. The summed E-state index contributed by atoms with van der Waals surface area (Å²) >= 11 is 6.46. The van der Waals surface area contributed by atoms with Crippen LogP contribution in [0, 0.1) is 18.8 Å². The van der Waals surface area contributed by atoms with Crippen molar-refractivity contribution in [3.63, 3.8) is 0 Å². The van der Waals surface area contributed by atoms with Gasteiger partial charge in [0.1, 0.15) is 0 Å². The van der Waals surface area contributed by atoms with Gasteiger partial charge in [0.05, 0.1) is 5.71 Å². The maximum Gasteiger partial charge on any atom is 0.230 e. The van der Waals surface area contributed by atoms with E-state index in [0.29, 0.717) is 55.5 Å². The number of hydrogen-bond acceptors (Lipinski definition) is 6. The summed E-state index contributed by atoms with van der Waals surface area (Å²) in [5.74, 6) is 0.293. The van der Waals surface area contributed by atoms with Crippen molar-refractivity contribution in [3.8, 4) is 0 Å². The fourth-order valence-corrected chi connectivity index (χ4v) is 6.48. The molecule has 10 heteroatoms. The lowest BCUT2D eigenvalue weighted by atomic mass is 9.89. The number of nitrogens with two attached hydrogens (primary N) is 1. The van der Waals surface area contributed by atoms with Gasteiger partial charge in [0, 0.05) is 56.0 Å². The van der Waals surface area contributed by atoms with Crippen LogP contribution in [0.3, 0.4) is 0 Å². The molecular formula is C34H46ClN5O4. The van der Waals surface area contributed by atoms with Gasteiger partial charge in [0.2, 0.25) is 17.7 Å². The van der Waals surface area contributed by atoms with Gasteiger partial charge in [-0.15, -0.1) is 0 Å². The van der Waals surface area contributed by atoms with Gasteiger partial charge in [-0.1, -0.05) is 47.1 Å². The fraction of sp³-hybridized carbons (Fsp3) is 0.529. The van der Waals surface area contributed by atoms with Crippen molar-refractivity contribution in [2.45, 2.75) is 65.2 Å². The number of anilines is 1. The third-order valence-electron chi connectivity index (χ3n) is 9.13. The van der Waals surface area contributed by atoms with Crippen molar-refractivity contribution in [2.75, 3.05) is 44.2 Å². The molecule has 4 rings (SSSR count). The number of aryl methyl sites for hydroxylation is 1. The summed E-state index contributed by atoms with van der Waals surface area (Å²) in [6.45, 7) is 8.44. The molecule has 2 aliphatic rings. The molecule has 3 amide bonds. The van der Waals surface area contributed by atoms with Crippen LogP contribution < -0.4 is 10.6 Å². The molecule has 0 radical (unpaired) electrons. The van der Waals surface area contributed by atoms with Crippen molar-refractivity contribution in [1.82, 2.24) is 9.80 Å². The molecule has 2 aliphatic heterocycles. The van der Waals surface area contributed by atoms with Gasteiger partial charge in [-0.3, -0.25) is 14.4 Å². The number of halogens is 1. The molecule has 0 saturated carbocycles. The van der Waals surface area contributed by atoms with Crippen LogP contribution in [0.2, 0.25) is 5.02 Å². The Morgan fingerprint density at radius 3 is 2.27 bits per heavy atom. The predicted molar refractivity (Wildman–Crippen MR) is 174 cm³/mol. The highest BCUT2D eigenvalue weighted by Gasteiger charge is 2.30. The number of carbonyl (C=O) groups is 3. The van der Waals surface area contributed by atoms with Crippen LogP contribution in [-0.4, -0.2) is 77.7 Å². The summed E-state index contributed by atoms with van der Waals surface area (Å²) < 4.78 is 0. The van der Waals surface area contributed by atoms with Crippen LogP contribution >= 0.6 is 11.6 Å². The van der Waals surface area contributed by atoms with Crippen LogP contribution in [0.1, 0.15) is 68.6 Å². The Morgan fingerprint density at radius 2 is 1.68 bits per heavy atom. The molecule has 9 nitrogen and oxygen atoms in total. The fourth-order valence-electron chi connectivity index (χ4n) is 6.30. The summed E-state index contributed by atoms with van der Waals surface area (Å²) in [7, 11) is 0. The molecule has 2 heterocycles. The van der Waals surface area contributed by atoms with Crippen LogP contribution in [0.5, 0.6) is 0 Å². The van der Waals surface area contributed by atoms with E-state index in [1.165, 1.54) is 5.56 Å². The molecule has 0 aromatic heterocycles. The standard InChI is InChI=1S/C34H46ClN5O4/c1-24-4-9-30(23-31(24)35)40(34(43)29-14-20-39(21-15-29)25(2)41)17-3-16-38-18-12-27(13-19-38)22-26-5-7-28(8-6-26)32(37-44)10-11-33(36)42/h4-9,23,27,29,44H,3,10-22H2,1-2H3,(H2,36,42). The molecule has 3 N–H and O–H groups in total. The molecule has 0 atom stereocenters. The van der Waals surface area contributed by atoms with E-state index >= 15 is 0 Å². The normalized spacial score (nSPS) is 17.1. The first-order chi connectivity index (χ1) is 21.1. The lowest BCUT2D eigenvalue weighted by Crippen LogP contribution is -2.45. The summed E-state index contributed by atoms with van der Waals surface area (Å²) in [5.41, 5.74) is 9.57. The first kappa shape index (κ1) is 33.5. The molecule has 0 bridgehead atoms. The van der Waals surface area contributed by atoms with Gasteiger partial charge in [0.15, 0.2) is 0 Å². The van der Waals surface area contributed by atoms with Gasteiger partial charge < -0.3 is 25.6 Å². The van der Waals surface area contributed by atoms with E-state index in [1.807, 2.05) is 47.1 Å². The smallest absolute Gasteiger partial charge is 0.230 e. The monoisotopic (exact) mass is 623 g/mol. The van der Waals surface area contributed by atoms with Crippen molar-refractivity contribution >= 4 is 40.7 Å². The van der Waals surface area contributed by atoms with Crippen molar-refractivity contribution in [1.29, 1.82) is 0 Å². The van der Waals surface area contributed by atoms with E-state index in [9.17, 15) is 19.6 Å². The number of primary amides is 1. The highest BCUT2D eigenvalue weighted by Crippen LogP contribution is 2.28. The van der Waals surface area contributed by atoms with Crippen molar-refractivity contribution in [3.05, 3.63) is 64.2 Å². The molecule has 238 valence electrons. The van der Waals surface area contributed by atoms with E-state index < -0.39 is 5.91 Å². The largest absolute Gasteiger partial charge is 0.411 e. The van der Waals surface area contributed by atoms with Gasteiger partial charge in [-0.2, -0.15) is 0 Å². The van der Waals surface area contributed by atoms with Crippen LogP contribution in [-0.2, 0) is 20.8 Å². The highest BCUT2D eigenvalue weighted by atomic mass is 35.5. The number of amides is 3. The molecule has 0 spiro atoms. The molecule has 2 fully saturated rings. The van der Waals surface area contributed by atoms with Crippen LogP contribution in [0.15, 0.2) is 47.6 Å². The molecular weight excluding hydrogens is 578 g/mol. The van der Waals surface area contributed by atoms with Gasteiger partial charge in [-0.05, 0) is 99.8 Å². The molecule has 44 heavy (non-hydrogen) atoms. The van der Waals surface area contributed by atoms with Gasteiger partial charge in [-0.25, -0.2) is 0 Å². The average molecular weight is 624 g/mol. The van der Waals surface area contributed by atoms with Gasteiger partial charge >= 0.3 is 0 Å². The Balaban J connectivity index is 1.27. The number of nitrogens with zero attached hydrogens (tertiary/aromatic N) is 4. The molecule has 0 aliphatic carbocycles. The second kappa shape index (κ2) is 16.0. The van der Waals surface area contributed by atoms with E-state index in [2.05, 4.69) is 22.2 Å². The van der Waals surface area contributed by atoms with E-state index in [0.717, 1.165) is 62.1 Å². The summed E-state index contributed by atoms with van der Waals surface area (Å²) in [5, 5.41) is 13.3. The quantitative estimate of drug-likeness (QED) is 0.195. The molecule has 0 unspecified atom stereocenters. The maximum absolute atomic E-state index is 13.7. The zero-order chi connectivity index (χ0) is 31.6. The number of hydrogen-bond donors (Lipinski definition) is 2. The van der Waals surface area contributed by atoms with E-state index in [-0.39, 0.29) is 24.2 Å². The Labute approximate surface area is 266 Å². The summed E-state index contributed by atoms with van der Waals surface area (Å²) in [6.07, 6.45) is 5.96. The SMILES string of the molecule is CC(=O)N1CCC(C(=O)N(CCCN2CCC(Cc3ccc(C(CCC(N)=O)=NO)cc3)CC2)c2ccc(C)c(Cl)c2)CC1. The van der Waals surface area contributed by atoms with E-state index in [1.54, 1.807) is 6.92 Å². The van der Waals surface area contributed by atoms with Gasteiger partial charge in [0.25, 0.3) is 0 Å². The highest BCUT2D eigenvalue weighted by molar-refractivity contribution is 6.31.